The van der Waals surface area contributed by atoms with Crippen molar-refractivity contribution in [3.05, 3.63) is 22.2 Å². The number of hydrogen-bond donors (Lipinski definition) is 2. The molecule has 3 N–H and O–H groups in total. The van der Waals surface area contributed by atoms with Gasteiger partial charge in [-0.1, -0.05) is 30.1 Å². The molecule has 2 rings (SSSR count). The van der Waals surface area contributed by atoms with E-state index in [0.29, 0.717) is 27.8 Å². The Bertz CT molecular complexity index is 495. The predicted octanol–water partition coefficient (Wildman–Crippen LogP) is 3.64. The third-order valence-corrected chi connectivity index (χ3v) is 4.18. The van der Waals surface area contributed by atoms with Crippen LogP contribution in [0.5, 0.6) is 0 Å². The van der Waals surface area contributed by atoms with E-state index in [-0.39, 0.29) is 5.91 Å². The van der Waals surface area contributed by atoms with Crippen molar-refractivity contribution in [2.45, 2.75) is 26.2 Å². The summed E-state index contributed by atoms with van der Waals surface area (Å²) < 4.78 is 0. The first kappa shape index (κ1) is 16.4. The predicted molar refractivity (Wildman–Crippen MR) is 89.0 cm³/mol. The average molecular weight is 330 g/mol. The van der Waals surface area contributed by atoms with Crippen LogP contribution in [0, 0.1) is 5.92 Å². The van der Waals surface area contributed by atoms with Crippen LogP contribution in [0.3, 0.4) is 0 Å². The zero-order valence-corrected chi connectivity index (χ0v) is 13.7. The number of amides is 1. The second-order valence-corrected chi connectivity index (χ2v) is 6.33. The fraction of sp³-hybridized carbons (Fsp3) is 0.533. The number of nitrogens with zero attached hydrogens (tertiary/aromatic N) is 1. The highest BCUT2D eigenvalue weighted by molar-refractivity contribution is 6.37. The molecule has 1 aliphatic rings. The molecule has 0 atom stereocenters. The third-order valence-electron chi connectivity index (χ3n) is 3.67. The largest absolute Gasteiger partial charge is 0.397 e. The second-order valence-electron chi connectivity index (χ2n) is 5.49. The van der Waals surface area contributed by atoms with Gasteiger partial charge < -0.3 is 16.0 Å². The van der Waals surface area contributed by atoms with Crippen LogP contribution >= 0.6 is 23.2 Å². The van der Waals surface area contributed by atoms with E-state index >= 15 is 0 Å². The monoisotopic (exact) mass is 329 g/mol. The lowest BCUT2D eigenvalue weighted by atomic mass is 10.2. The van der Waals surface area contributed by atoms with Crippen LogP contribution in [0.25, 0.3) is 0 Å². The molecule has 1 aliphatic carbocycles. The lowest BCUT2D eigenvalue weighted by molar-refractivity contribution is -0.116. The summed E-state index contributed by atoms with van der Waals surface area (Å²) in [6.07, 6.45) is 3.07. The Morgan fingerprint density at radius 3 is 2.71 bits per heavy atom. The van der Waals surface area contributed by atoms with E-state index in [1.54, 1.807) is 12.1 Å². The Morgan fingerprint density at radius 2 is 2.14 bits per heavy atom. The van der Waals surface area contributed by atoms with Gasteiger partial charge in [-0.15, -0.1) is 0 Å². The Kier molecular flexibility index (Phi) is 5.73. The molecule has 116 valence electrons. The average Bonchev–Trinajstić information content (AvgIpc) is 3.22. The molecule has 0 saturated heterocycles. The number of anilines is 2. The maximum absolute atomic E-state index is 12.0. The van der Waals surface area contributed by atoms with Gasteiger partial charge in [-0.05, 0) is 37.4 Å². The van der Waals surface area contributed by atoms with Gasteiger partial charge in [0, 0.05) is 24.5 Å². The molecule has 0 unspecified atom stereocenters. The molecule has 0 spiro atoms. The first-order valence-corrected chi connectivity index (χ1v) is 8.02. The number of rotatable bonds is 7. The van der Waals surface area contributed by atoms with E-state index in [1.165, 1.54) is 12.8 Å². The van der Waals surface area contributed by atoms with E-state index in [2.05, 4.69) is 17.1 Å². The molecule has 1 amide bonds. The number of nitrogens with one attached hydrogen (secondary N) is 1. The zero-order valence-electron chi connectivity index (χ0n) is 12.2. The van der Waals surface area contributed by atoms with Crippen molar-refractivity contribution < 1.29 is 4.79 Å². The van der Waals surface area contributed by atoms with E-state index in [4.69, 9.17) is 28.9 Å². The summed E-state index contributed by atoms with van der Waals surface area (Å²) in [7, 11) is 0. The van der Waals surface area contributed by atoms with Gasteiger partial charge in [0.05, 0.1) is 16.4 Å². The molecule has 6 heteroatoms. The van der Waals surface area contributed by atoms with Crippen molar-refractivity contribution in [1.29, 1.82) is 0 Å². The lowest BCUT2D eigenvalue weighted by Crippen LogP contribution is -2.29. The first-order valence-electron chi connectivity index (χ1n) is 7.26. The molecule has 1 aromatic rings. The maximum Gasteiger partial charge on any atom is 0.225 e. The van der Waals surface area contributed by atoms with Crippen LogP contribution in [0.2, 0.25) is 10.0 Å². The van der Waals surface area contributed by atoms with Gasteiger partial charge >= 0.3 is 0 Å². The van der Waals surface area contributed by atoms with Crippen LogP contribution in [0.1, 0.15) is 26.2 Å². The molecule has 21 heavy (non-hydrogen) atoms. The summed E-state index contributed by atoms with van der Waals surface area (Å²) in [6, 6.07) is 3.15. The van der Waals surface area contributed by atoms with Gasteiger partial charge in [0.1, 0.15) is 0 Å². The number of nitrogens with two attached hydrogens (primary N) is 1. The van der Waals surface area contributed by atoms with Gasteiger partial charge in [-0.2, -0.15) is 0 Å². The SMILES string of the molecule is CCN(CCC(=O)Nc1c(N)cc(Cl)cc1Cl)CC1CC1. The highest BCUT2D eigenvalue weighted by Gasteiger charge is 2.23. The van der Waals surface area contributed by atoms with E-state index < -0.39 is 0 Å². The molecule has 1 aromatic carbocycles. The van der Waals surface area contributed by atoms with Gasteiger partial charge in [-0.3, -0.25) is 4.79 Å². The molecule has 1 fully saturated rings. The minimum atomic E-state index is -0.0832. The standard InChI is InChI=1S/C15H21Cl2N3O/c1-2-20(9-10-3-4-10)6-5-14(21)19-15-12(17)7-11(16)8-13(15)18/h7-8,10H,2-6,9,18H2,1H3,(H,19,21). The van der Waals surface area contributed by atoms with Crippen LogP contribution < -0.4 is 11.1 Å². The van der Waals surface area contributed by atoms with E-state index in [0.717, 1.165) is 25.6 Å². The van der Waals surface area contributed by atoms with Crippen molar-refractivity contribution in [1.82, 2.24) is 4.90 Å². The summed E-state index contributed by atoms with van der Waals surface area (Å²) in [5.74, 6) is 0.745. The first-order chi connectivity index (χ1) is 9.99. The van der Waals surface area contributed by atoms with Crippen molar-refractivity contribution >= 4 is 40.5 Å². The molecular formula is C15H21Cl2N3O. The van der Waals surface area contributed by atoms with Gasteiger partial charge in [0.2, 0.25) is 5.91 Å². The van der Waals surface area contributed by atoms with Gasteiger partial charge in [0.25, 0.3) is 0 Å². The molecule has 0 aliphatic heterocycles. The molecule has 1 saturated carbocycles. The van der Waals surface area contributed by atoms with Gasteiger partial charge in [-0.25, -0.2) is 0 Å². The topological polar surface area (TPSA) is 58.4 Å². The lowest BCUT2D eigenvalue weighted by Gasteiger charge is -2.20. The minimum absolute atomic E-state index is 0.0832. The Hall–Kier alpha value is -0.970. The molecule has 0 radical (unpaired) electrons. The van der Waals surface area contributed by atoms with Crippen LogP contribution in [-0.4, -0.2) is 30.4 Å². The fourth-order valence-electron chi connectivity index (χ4n) is 2.23. The van der Waals surface area contributed by atoms with Crippen molar-refractivity contribution in [3.63, 3.8) is 0 Å². The molecule has 0 aromatic heterocycles. The molecule has 0 heterocycles. The molecular weight excluding hydrogens is 309 g/mol. The quantitative estimate of drug-likeness (QED) is 0.751. The van der Waals surface area contributed by atoms with E-state index in [9.17, 15) is 4.79 Å². The summed E-state index contributed by atoms with van der Waals surface area (Å²) in [5.41, 5.74) is 6.65. The van der Waals surface area contributed by atoms with Crippen LogP contribution in [-0.2, 0) is 4.79 Å². The van der Waals surface area contributed by atoms with Crippen LogP contribution in [0.4, 0.5) is 11.4 Å². The third kappa shape index (κ3) is 5.06. The van der Waals surface area contributed by atoms with E-state index in [1.807, 2.05) is 0 Å². The number of carbonyl (C=O) groups is 1. The number of benzene rings is 1. The molecule has 0 bridgehead atoms. The number of nitrogen functional groups attached to an aromatic ring is 1. The second kappa shape index (κ2) is 7.34. The Balaban J connectivity index is 1.86. The normalized spacial score (nSPS) is 14.5. The summed E-state index contributed by atoms with van der Waals surface area (Å²) >= 11 is 11.9. The van der Waals surface area contributed by atoms with Crippen molar-refractivity contribution in [3.8, 4) is 0 Å². The Labute approximate surface area is 135 Å². The smallest absolute Gasteiger partial charge is 0.225 e. The highest BCUT2D eigenvalue weighted by atomic mass is 35.5. The van der Waals surface area contributed by atoms with Crippen LogP contribution in [0.15, 0.2) is 12.1 Å². The minimum Gasteiger partial charge on any atom is -0.397 e. The van der Waals surface area contributed by atoms with Crippen molar-refractivity contribution in [2.75, 3.05) is 30.7 Å². The number of halogens is 2. The van der Waals surface area contributed by atoms with Gasteiger partial charge in [0.15, 0.2) is 0 Å². The summed E-state index contributed by atoms with van der Waals surface area (Å²) in [5, 5.41) is 3.59. The Morgan fingerprint density at radius 1 is 1.43 bits per heavy atom. The van der Waals surface area contributed by atoms with Crippen molar-refractivity contribution in [2.24, 2.45) is 5.92 Å². The maximum atomic E-state index is 12.0. The highest BCUT2D eigenvalue weighted by Crippen LogP contribution is 2.32. The summed E-state index contributed by atoms with van der Waals surface area (Å²) in [6.45, 7) is 4.93. The molecule has 4 nitrogen and oxygen atoms in total. The number of hydrogen-bond acceptors (Lipinski definition) is 3. The fourth-order valence-corrected chi connectivity index (χ4v) is 2.79. The summed E-state index contributed by atoms with van der Waals surface area (Å²) in [4.78, 5) is 14.3. The number of carbonyl (C=O) groups excluding carboxylic acids is 1. The zero-order chi connectivity index (χ0) is 15.4.